The van der Waals surface area contributed by atoms with Gasteiger partial charge in [0, 0.05) is 44.6 Å². The number of nitrogens with zero attached hydrogens (tertiary/aromatic N) is 3. The maximum atomic E-state index is 14.3. The van der Waals surface area contributed by atoms with E-state index in [0.29, 0.717) is 32.6 Å². The van der Waals surface area contributed by atoms with Gasteiger partial charge in [-0.15, -0.1) is 11.8 Å². The Morgan fingerprint density at radius 3 is 2.08 bits per heavy atom. The SMILES string of the molecule is O=C1C2N(CCCO)C(=O)[C@@H]3[C@H]4C(=O)N(Cc5ccccc5)CC=C[C@H]4S[C@]23C=CCN1Cc1ccccc1. The maximum Gasteiger partial charge on any atom is 0.247 e. The minimum atomic E-state index is -0.833. The molecule has 4 aliphatic rings. The number of carbonyl (C=O) groups is 3. The van der Waals surface area contributed by atoms with Crippen LogP contribution in [0.5, 0.6) is 0 Å². The van der Waals surface area contributed by atoms with E-state index in [2.05, 4.69) is 6.08 Å². The van der Waals surface area contributed by atoms with Crippen LogP contribution < -0.4 is 0 Å². The Bertz CT molecular complexity index is 1300. The molecule has 1 unspecified atom stereocenters. The van der Waals surface area contributed by atoms with E-state index in [-0.39, 0.29) is 36.1 Å². The number of aliphatic hydroxyl groups is 1. The summed E-state index contributed by atoms with van der Waals surface area (Å²) in [6, 6.07) is 19.0. The molecule has 2 saturated heterocycles. The van der Waals surface area contributed by atoms with Crippen molar-refractivity contribution in [1.82, 2.24) is 14.7 Å². The highest BCUT2D eigenvalue weighted by atomic mass is 32.2. The summed E-state index contributed by atoms with van der Waals surface area (Å²) in [5.74, 6) is -1.48. The molecule has 202 valence electrons. The van der Waals surface area contributed by atoms with Crippen molar-refractivity contribution < 1.29 is 19.5 Å². The van der Waals surface area contributed by atoms with Crippen molar-refractivity contribution in [3.63, 3.8) is 0 Å². The summed E-state index contributed by atoms with van der Waals surface area (Å²) in [5, 5.41) is 9.41. The Labute approximate surface area is 233 Å². The van der Waals surface area contributed by atoms with Gasteiger partial charge in [-0.3, -0.25) is 14.4 Å². The lowest BCUT2D eigenvalue weighted by molar-refractivity contribution is -0.144. The third-order valence-electron chi connectivity index (χ3n) is 8.32. The highest BCUT2D eigenvalue weighted by Crippen LogP contribution is 2.61. The Morgan fingerprint density at radius 1 is 0.821 bits per heavy atom. The third kappa shape index (κ3) is 4.49. The zero-order chi connectivity index (χ0) is 27.0. The van der Waals surface area contributed by atoms with Crippen molar-refractivity contribution in [3.8, 4) is 0 Å². The average molecular weight is 544 g/mol. The standard InChI is InChI=1S/C31H33N3O4S/c35-19-9-18-34-27-30(38)33(21-23-12-5-2-6-13-23)17-8-15-31(27)26(29(34)37)25-24(39-31)14-7-16-32(28(25)36)20-22-10-3-1-4-11-22/h1-8,10-15,24-27,35H,9,16-21H2/t24-,25+,26+,27?,31+/m1/s1. The lowest BCUT2D eigenvalue weighted by Gasteiger charge is -2.35. The monoisotopic (exact) mass is 543 g/mol. The zero-order valence-electron chi connectivity index (χ0n) is 21.8. The summed E-state index contributed by atoms with van der Waals surface area (Å²) < 4.78 is -0.833. The number of hydrogen-bond donors (Lipinski definition) is 1. The van der Waals surface area contributed by atoms with Gasteiger partial charge in [-0.1, -0.05) is 85.0 Å². The quantitative estimate of drug-likeness (QED) is 0.544. The van der Waals surface area contributed by atoms with E-state index in [4.69, 9.17) is 0 Å². The largest absolute Gasteiger partial charge is 0.396 e. The molecule has 6 rings (SSSR count). The van der Waals surface area contributed by atoms with Crippen molar-refractivity contribution in [1.29, 1.82) is 0 Å². The number of carbonyl (C=O) groups excluding carboxylic acids is 3. The first-order valence-electron chi connectivity index (χ1n) is 13.6. The van der Waals surface area contributed by atoms with Gasteiger partial charge in [0.05, 0.1) is 16.6 Å². The predicted octanol–water partition coefficient (Wildman–Crippen LogP) is 2.86. The van der Waals surface area contributed by atoms with E-state index in [1.807, 2.05) is 83.8 Å². The Morgan fingerprint density at radius 2 is 1.44 bits per heavy atom. The number of rotatable bonds is 7. The van der Waals surface area contributed by atoms with Crippen molar-refractivity contribution >= 4 is 29.5 Å². The number of fused-ring (bicyclic) bond motifs is 2. The van der Waals surface area contributed by atoms with E-state index < -0.39 is 22.6 Å². The summed E-state index contributed by atoms with van der Waals surface area (Å²) >= 11 is 1.59. The molecule has 0 aliphatic carbocycles. The second-order valence-electron chi connectivity index (χ2n) is 10.7. The molecule has 2 fully saturated rings. The van der Waals surface area contributed by atoms with E-state index in [1.54, 1.807) is 21.6 Å². The van der Waals surface area contributed by atoms with Gasteiger partial charge in [0.1, 0.15) is 6.04 Å². The van der Waals surface area contributed by atoms with E-state index in [1.165, 1.54) is 0 Å². The molecule has 2 aromatic carbocycles. The fourth-order valence-electron chi connectivity index (χ4n) is 6.61. The summed E-state index contributed by atoms with van der Waals surface area (Å²) in [4.78, 5) is 47.9. The zero-order valence-corrected chi connectivity index (χ0v) is 22.6. The number of aliphatic hydroxyl groups excluding tert-OH is 1. The molecule has 5 atom stereocenters. The normalized spacial score (nSPS) is 29.8. The van der Waals surface area contributed by atoms with Gasteiger partial charge in [0.15, 0.2) is 0 Å². The molecule has 1 N–H and O–H groups in total. The van der Waals surface area contributed by atoms with E-state index in [9.17, 15) is 19.5 Å². The van der Waals surface area contributed by atoms with Crippen molar-refractivity contribution in [3.05, 3.63) is 96.1 Å². The van der Waals surface area contributed by atoms with Gasteiger partial charge < -0.3 is 19.8 Å². The van der Waals surface area contributed by atoms with Crippen molar-refractivity contribution in [2.75, 3.05) is 26.2 Å². The summed E-state index contributed by atoms with van der Waals surface area (Å²) in [7, 11) is 0. The lowest BCUT2D eigenvalue weighted by atomic mass is 9.78. The number of hydrogen-bond acceptors (Lipinski definition) is 5. The lowest BCUT2D eigenvalue weighted by Crippen LogP contribution is -2.53. The molecular weight excluding hydrogens is 510 g/mol. The molecule has 4 heterocycles. The van der Waals surface area contributed by atoms with Crippen LogP contribution in [0.4, 0.5) is 0 Å². The highest BCUT2D eigenvalue weighted by molar-refractivity contribution is 8.02. The van der Waals surface area contributed by atoms with Crippen molar-refractivity contribution in [2.45, 2.75) is 35.5 Å². The minimum absolute atomic E-state index is 0.0365. The Hall–Kier alpha value is -3.36. The first-order valence-corrected chi connectivity index (χ1v) is 14.5. The molecular formula is C31H33N3O4S. The molecule has 3 amide bonds. The summed E-state index contributed by atoms with van der Waals surface area (Å²) in [5.41, 5.74) is 2.07. The molecule has 8 heteroatoms. The van der Waals surface area contributed by atoms with Gasteiger partial charge in [-0.25, -0.2) is 0 Å². The van der Waals surface area contributed by atoms with Crippen LogP contribution in [-0.4, -0.2) is 79.8 Å². The third-order valence-corrected chi connectivity index (χ3v) is 10.1. The summed E-state index contributed by atoms with van der Waals surface area (Å²) in [6.45, 7) is 2.07. The van der Waals surface area contributed by atoms with E-state index in [0.717, 1.165) is 11.1 Å². The van der Waals surface area contributed by atoms with Crippen LogP contribution in [0.2, 0.25) is 0 Å². The minimum Gasteiger partial charge on any atom is -0.396 e. The van der Waals surface area contributed by atoms with Gasteiger partial charge in [-0.2, -0.15) is 0 Å². The molecule has 0 radical (unpaired) electrons. The smallest absolute Gasteiger partial charge is 0.247 e. The van der Waals surface area contributed by atoms with Crippen LogP contribution in [0.25, 0.3) is 0 Å². The van der Waals surface area contributed by atoms with Crippen LogP contribution in [0.1, 0.15) is 17.5 Å². The molecule has 39 heavy (non-hydrogen) atoms. The highest BCUT2D eigenvalue weighted by Gasteiger charge is 2.70. The Kier molecular flexibility index (Phi) is 7.08. The van der Waals surface area contributed by atoms with Crippen LogP contribution >= 0.6 is 11.8 Å². The predicted molar refractivity (Wildman–Crippen MR) is 150 cm³/mol. The van der Waals surface area contributed by atoms with Crippen LogP contribution in [0.3, 0.4) is 0 Å². The van der Waals surface area contributed by atoms with Gasteiger partial charge in [-0.05, 0) is 17.5 Å². The summed E-state index contributed by atoms with van der Waals surface area (Å²) in [6.07, 6.45) is 8.53. The van der Waals surface area contributed by atoms with Gasteiger partial charge in [0.25, 0.3) is 0 Å². The second-order valence-corrected chi connectivity index (χ2v) is 12.2. The molecule has 7 nitrogen and oxygen atoms in total. The van der Waals surface area contributed by atoms with Crippen LogP contribution in [0.15, 0.2) is 85.0 Å². The Balaban J connectivity index is 1.36. The molecule has 2 aromatic rings. The van der Waals surface area contributed by atoms with Gasteiger partial charge >= 0.3 is 0 Å². The maximum absolute atomic E-state index is 14.3. The average Bonchev–Trinajstić information content (AvgIpc) is 3.27. The van der Waals surface area contributed by atoms with E-state index >= 15 is 0 Å². The molecule has 0 aromatic heterocycles. The molecule has 0 saturated carbocycles. The second kappa shape index (κ2) is 10.7. The topological polar surface area (TPSA) is 81.2 Å². The van der Waals surface area contributed by atoms with Gasteiger partial charge in [0.2, 0.25) is 17.7 Å². The molecule has 4 aliphatic heterocycles. The number of likely N-dealkylation sites (tertiary alicyclic amines) is 1. The first-order chi connectivity index (χ1) is 19.0. The molecule has 1 spiro atoms. The number of thioether (sulfide) groups is 1. The fraction of sp³-hybridized carbons (Fsp3) is 0.387. The van der Waals surface area contributed by atoms with Crippen LogP contribution in [0, 0.1) is 11.8 Å². The number of benzene rings is 2. The fourth-order valence-corrected chi connectivity index (χ4v) is 8.62. The first kappa shape index (κ1) is 25.9. The van der Waals surface area contributed by atoms with Crippen molar-refractivity contribution in [2.24, 2.45) is 11.8 Å². The van der Waals surface area contributed by atoms with Crippen LogP contribution in [-0.2, 0) is 27.5 Å². The number of amides is 3. The molecule has 0 bridgehead atoms.